The first-order valence-electron chi connectivity index (χ1n) is 26.3. The second-order valence-corrected chi connectivity index (χ2v) is 23.3. The summed E-state index contributed by atoms with van der Waals surface area (Å²) in [5.74, 6) is 0. The van der Waals surface area contributed by atoms with Gasteiger partial charge < -0.3 is 4.90 Å². The Morgan fingerprint density at radius 1 is 0.730 bits per heavy atom. The van der Waals surface area contributed by atoms with Gasteiger partial charge >= 0.3 is 0 Å². The SMILES string of the molecule is CCCCCCC(/C=C/c1ccc(N(c2ccc3c(c2)C(C)(C)c2ccccc2-3)c2ccc3c(c2)C(C)(C)c2ccccc2-3)cc1)=C(/SC)C1=CC=C(c2sc(/C=C(\Cl)C#N)cc2CCCCCC)/C(=N/S)C1=N. The van der Waals surface area contributed by atoms with Crippen LogP contribution in [-0.2, 0) is 17.3 Å². The highest BCUT2D eigenvalue weighted by molar-refractivity contribution is 8.02. The van der Waals surface area contributed by atoms with Crippen LogP contribution >= 0.6 is 47.5 Å². The molecule has 0 atom stereocenters. The van der Waals surface area contributed by atoms with Crippen molar-refractivity contribution in [2.75, 3.05) is 11.2 Å². The predicted octanol–water partition coefficient (Wildman–Crippen LogP) is 20.0. The van der Waals surface area contributed by atoms with Gasteiger partial charge in [0.05, 0.1) is 5.71 Å². The number of allylic oxidation sites excluding steroid dienone is 7. The van der Waals surface area contributed by atoms with Gasteiger partial charge in [-0.2, -0.15) is 5.26 Å². The van der Waals surface area contributed by atoms with Crippen molar-refractivity contribution in [1.29, 1.82) is 10.7 Å². The van der Waals surface area contributed by atoms with E-state index in [0.29, 0.717) is 11.4 Å². The smallest absolute Gasteiger partial charge is 0.119 e. The Labute approximate surface area is 459 Å². The average Bonchev–Trinajstić information content (AvgIpc) is 4.00. The summed E-state index contributed by atoms with van der Waals surface area (Å²) in [5.41, 5.74) is 19.9. The zero-order valence-corrected chi connectivity index (χ0v) is 47.2. The van der Waals surface area contributed by atoms with Gasteiger partial charge in [0.15, 0.2) is 0 Å². The molecule has 3 aliphatic carbocycles. The van der Waals surface area contributed by atoms with Gasteiger partial charge in [0.2, 0.25) is 0 Å². The molecule has 0 saturated heterocycles. The second kappa shape index (κ2) is 22.9. The maximum absolute atomic E-state index is 9.72. The molecule has 0 unspecified atom stereocenters. The molecule has 1 aromatic heterocycles. The Morgan fingerprint density at radius 3 is 1.86 bits per heavy atom. The van der Waals surface area contributed by atoms with E-state index < -0.39 is 0 Å². The average molecular weight is 1050 g/mol. The number of thiophene rings is 1. The van der Waals surface area contributed by atoms with Crippen molar-refractivity contribution in [3.05, 3.63) is 198 Å². The molecule has 0 aliphatic heterocycles. The minimum atomic E-state index is -0.135. The summed E-state index contributed by atoms with van der Waals surface area (Å²) in [6.45, 7) is 13.9. The number of thiol groups is 1. The van der Waals surface area contributed by atoms with E-state index in [9.17, 15) is 10.7 Å². The molecule has 0 spiro atoms. The Hall–Kier alpha value is -5.88. The molecule has 1 N–H and O–H groups in total. The fourth-order valence-electron chi connectivity index (χ4n) is 11.4. The van der Waals surface area contributed by atoms with Crippen LogP contribution in [0.1, 0.15) is 142 Å². The van der Waals surface area contributed by atoms with E-state index >= 15 is 0 Å². The van der Waals surface area contributed by atoms with Crippen LogP contribution < -0.4 is 4.90 Å². The van der Waals surface area contributed by atoms with Crippen molar-refractivity contribution in [1.82, 2.24) is 0 Å². The topological polar surface area (TPSA) is 63.2 Å². The van der Waals surface area contributed by atoms with Crippen molar-refractivity contribution < 1.29 is 0 Å². The van der Waals surface area contributed by atoms with Crippen molar-refractivity contribution in [3.8, 4) is 28.3 Å². The van der Waals surface area contributed by atoms with Crippen molar-refractivity contribution in [3.63, 3.8) is 0 Å². The van der Waals surface area contributed by atoms with Crippen molar-refractivity contribution in [2.24, 2.45) is 4.40 Å². The number of nitrogens with zero attached hydrogens (tertiary/aromatic N) is 3. The highest BCUT2D eigenvalue weighted by Gasteiger charge is 2.38. The van der Waals surface area contributed by atoms with Crippen molar-refractivity contribution >= 4 is 93.7 Å². The van der Waals surface area contributed by atoms with Crippen LogP contribution in [0.25, 0.3) is 40.0 Å². The Morgan fingerprint density at radius 2 is 1.30 bits per heavy atom. The Balaban J connectivity index is 1.08. The number of hydrogen-bond donors (Lipinski definition) is 2. The number of unbranched alkanes of at least 4 members (excludes halogenated alkanes) is 6. The number of aryl methyl sites for hydroxylation is 1. The third-order valence-corrected chi connectivity index (χ3v) is 17.8. The van der Waals surface area contributed by atoms with E-state index in [1.54, 1.807) is 29.2 Å². The summed E-state index contributed by atoms with van der Waals surface area (Å²) in [6, 6.07) is 45.0. The lowest BCUT2D eigenvalue weighted by molar-refractivity contribution is 0.660. The number of benzene rings is 5. The van der Waals surface area contributed by atoms with Gasteiger partial charge in [-0.3, -0.25) is 5.41 Å². The first-order chi connectivity index (χ1) is 35.8. The number of thioether (sulfide) groups is 1. The largest absolute Gasteiger partial charge is 0.310 e. The molecular formula is C66H67ClN4S3. The van der Waals surface area contributed by atoms with Gasteiger partial charge in [-0.1, -0.05) is 189 Å². The van der Waals surface area contributed by atoms with E-state index in [0.717, 1.165) is 99.8 Å². The summed E-state index contributed by atoms with van der Waals surface area (Å²) >= 11 is 14.0. The second-order valence-electron chi connectivity index (χ2n) is 20.8. The maximum atomic E-state index is 9.72. The molecule has 3 aliphatic rings. The molecular weight excluding hydrogens is 980 g/mol. The van der Waals surface area contributed by atoms with E-state index in [1.807, 2.05) is 0 Å². The fourth-order valence-corrected chi connectivity index (χ4v) is 13.8. The standard InChI is InChI=1S/C66H67ClN4S3/c1-8-10-12-14-20-44(63(73-7)55-36-37-56(62(70-72)61(55)69)64-45(21-15-13-11-9-2)38-50(74-64)39-46(67)42-68)29-26-43-27-30-47(31-28-43)71(48-32-34-53-51-22-16-18-24-57(51)65(3,4)59(53)40-48)49-33-35-54-52-23-17-19-25-58(52)66(5,6)60(54)41-49/h16-19,22-41,69,72H,8-15,20-21H2,1-7H3/b29-26+,46-39-,63-44-,69-61?,70-62-. The van der Waals surface area contributed by atoms with E-state index in [-0.39, 0.29) is 15.9 Å². The lowest BCUT2D eigenvalue weighted by Gasteiger charge is -2.29. The lowest BCUT2D eigenvalue weighted by atomic mass is 9.82. The summed E-state index contributed by atoms with van der Waals surface area (Å²) in [5, 5.41) is 19.3. The highest BCUT2D eigenvalue weighted by Crippen LogP contribution is 2.53. The van der Waals surface area contributed by atoms with E-state index in [1.165, 1.54) is 68.5 Å². The minimum absolute atomic E-state index is 0.135. The van der Waals surface area contributed by atoms with Crippen LogP contribution in [0.5, 0.6) is 0 Å². The van der Waals surface area contributed by atoms with Crippen LogP contribution in [0.4, 0.5) is 17.1 Å². The van der Waals surface area contributed by atoms with Gasteiger partial charge in [0.1, 0.15) is 16.8 Å². The summed E-state index contributed by atoms with van der Waals surface area (Å²) in [4.78, 5) is 5.48. The number of rotatable bonds is 19. The van der Waals surface area contributed by atoms with Crippen LogP contribution in [0.3, 0.4) is 0 Å². The molecule has 376 valence electrons. The number of nitrogens with one attached hydrogen (secondary N) is 1. The minimum Gasteiger partial charge on any atom is -0.310 e. The van der Waals surface area contributed by atoms with Crippen LogP contribution in [0.2, 0.25) is 0 Å². The molecule has 0 amide bonds. The molecule has 4 nitrogen and oxygen atoms in total. The Bertz CT molecular complexity index is 3240. The third kappa shape index (κ3) is 10.4. The van der Waals surface area contributed by atoms with Gasteiger partial charge in [-0.15, -0.1) is 23.1 Å². The first kappa shape index (κ1) is 53.0. The van der Waals surface area contributed by atoms with E-state index in [2.05, 4.69) is 216 Å². The molecule has 5 aromatic carbocycles. The normalized spacial score (nSPS) is 16.1. The van der Waals surface area contributed by atoms with Crippen LogP contribution in [-0.4, -0.2) is 17.7 Å². The van der Waals surface area contributed by atoms with Gasteiger partial charge in [0.25, 0.3) is 0 Å². The first-order valence-corrected chi connectivity index (χ1v) is 29.1. The van der Waals surface area contributed by atoms with Crippen LogP contribution in [0, 0.1) is 16.7 Å². The summed E-state index contributed by atoms with van der Waals surface area (Å²) < 4.78 is 4.50. The fraction of sp³-hybridized carbons (Fsp3) is 0.288. The molecule has 1 heterocycles. The van der Waals surface area contributed by atoms with Gasteiger partial charge in [-0.25, -0.2) is 4.40 Å². The molecule has 9 rings (SSSR count). The summed E-state index contributed by atoms with van der Waals surface area (Å²) in [6.07, 6.45) is 23.5. The highest BCUT2D eigenvalue weighted by atomic mass is 35.5. The molecule has 0 fully saturated rings. The van der Waals surface area contributed by atoms with Gasteiger partial charge in [-0.05, 0) is 155 Å². The zero-order chi connectivity index (χ0) is 52.1. The zero-order valence-electron chi connectivity index (χ0n) is 43.9. The number of anilines is 3. The number of nitriles is 1. The third-order valence-electron chi connectivity index (χ3n) is 15.3. The summed E-state index contributed by atoms with van der Waals surface area (Å²) in [7, 11) is 0. The molecule has 0 saturated carbocycles. The number of hydrogen-bond acceptors (Lipinski definition) is 7. The number of halogens is 1. The van der Waals surface area contributed by atoms with Crippen LogP contribution in [0.15, 0.2) is 159 Å². The molecule has 6 aromatic rings. The predicted molar refractivity (Wildman–Crippen MR) is 326 cm³/mol. The molecule has 8 heteroatoms. The molecule has 0 radical (unpaired) electrons. The monoisotopic (exact) mass is 1050 g/mol. The number of fused-ring (bicyclic) bond motifs is 6. The van der Waals surface area contributed by atoms with Crippen molar-refractivity contribution in [2.45, 2.75) is 117 Å². The van der Waals surface area contributed by atoms with Gasteiger partial charge in [0, 0.05) is 53.7 Å². The quantitative estimate of drug-likeness (QED) is 0.0279. The molecule has 0 bridgehead atoms. The maximum Gasteiger partial charge on any atom is 0.119 e. The Kier molecular flexibility index (Phi) is 16.4. The van der Waals surface area contributed by atoms with E-state index in [4.69, 9.17) is 11.6 Å². The molecule has 74 heavy (non-hydrogen) atoms. The lowest BCUT2D eigenvalue weighted by Crippen LogP contribution is -2.21.